The zero-order valence-electron chi connectivity index (χ0n) is 15.6. The van der Waals surface area contributed by atoms with E-state index in [0.29, 0.717) is 31.5 Å². The van der Waals surface area contributed by atoms with Gasteiger partial charge in [0.05, 0.1) is 19.3 Å². The molecule has 0 N–H and O–H groups in total. The largest absolute Gasteiger partial charge is 0.487 e. The summed E-state index contributed by atoms with van der Waals surface area (Å²) in [5, 5.41) is 0. The average molecular weight is 344 g/mol. The Labute approximate surface area is 149 Å². The third-order valence-electron chi connectivity index (χ3n) is 7.06. The molecule has 2 fully saturated rings. The first kappa shape index (κ1) is 16.9. The van der Waals surface area contributed by atoms with Crippen molar-refractivity contribution >= 4 is 5.97 Å². The van der Waals surface area contributed by atoms with Gasteiger partial charge in [0.25, 0.3) is 0 Å². The topological polar surface area (TPSA) is 44.8 Å². The normalized spacial score (nSPS) is 41.4. The van der Waals surface area contributed by atoms with E-state index in [2.05, 4.69) is 39.0 Å². The van der Waals surface area contributed by atoms with E-state index >= 15 is 0 Å². The first-order chi connectivity index (χ1) is 11.9. The molecule has 2 heterocycles. The molecule has 2 bridgehead atoms. The van der Waals surface area contributed by atoms with E-state index in [4.69, 9.17) is 14.2 Å². The number of carbonyl (C=O) groups excluding carboxylic acids is 1. The maximum atomic E-state index is 11.8. The zero-order chi connectivity index (χ0) is 17.8. The van der Waals surface area contributed by atoms with Crippen molar-refractivity contribution in [3.8, 4) is 5.75 Å². The SMILES string of the molecule is CCC(=O)OC[C@@]12CO[C@@H]3c4ccccc4O[C@@](C)(C[C@@H]1C)[C@H]3[C@@H]2C. The Balaban J connectivity index is 1.72. The van der Waals surface area contributed by atoms with Gasteiger partial charge < -0.3 is 14.2 Å². The van der Waals surface area contributed by atoms with E-state index in [1.54, 1.807) is 0 Å². The predicted molar refractivity (Wildman–Crippen MR) is 94.3 cm³/mol. The Morgan fingerprint density at radius 3 is 2.84 bits per heavy atom. The van der Waals surface area contributed by atoms with Crippen LogP contribution < -0.4 is 4.74 Å². The molecule has 1 aromatic rings. The summed E-state index contributed by atoms with van der Waals surface area (Å²) in [5.41, 5.74) is 0.794. The number of fused-ring (bicyclic) bond motifs is 3. The zero-order valence-corrected chi connectivity index (χ0v) is 15.6. The molecular weight excluding hydrogens is 316 g/mol. The van der Waals surface area contributed by atoms with Crippen LogP contribution in [0.2, 0.25) is 0 Å². The Bertz CT molecular complexity index is 686. The standard InChI is InChI=1S/C21H28O4/c1-5-17(22)23-11-21-12-24-19-15-8-6-7-9-16(15)25-20(4,10-13(21)2)18(19)14(21)3/h6-9,13-14,18-19H,5,10-12H2,1-4H3/t13-,14-,18-,19+,20-,21+/m0/s1. The fourth-order valence-corrected chi connectivity index (χ4v) is 5.57. The van der Waals surface area contributed by atoms with E-state index in [1.165, 1.54) is 0 Å². The van der Waals surface area contributed by atoms with Gasteiger partial charge in [0, 0.05) is 23.3 Å². The minimum absolute atomic E-state index is 0.0625. The fraction of sp³-hybridized carbons (Fsp3) is 0.667. The Morgan fingerprint density at radius 1 is 1.32 bits per heavy atom. The van der Waals surface area contributed by atoms with Crippen LogP contribution >= 0.6 is 0 Å². The minimum atomic E-state index is -0.240. The van der Waals surface area contributed by atoms with Crippen LogP contribution in [-0.2, 0) is 14.3 Å². The lowest BCUT2D eigenvalue weighted by molar-refractivity contribution is -0.262. The van der Waals surface area contributed by atoms with Gasteiger partial charge in [-0.15, -0.1) is 0 Å². The van der Waals surface area contributed by atoms with Crippen molar-refractivity contribution < 1.29 is 19.0 Å². The number of para-hydroxylation sites is 1. The van der Waals surface area contributed by atoms with Gasteiger partial charge >= 0.3 is 5.97 Å². The lowest BCUT2D eigenvalue weighted by atomic mass is 9.50. The van der Waals surface area contributed by atoms with Gasteiger partial charge in [-0.2, -0.15) is 0 Å². The molecule has 0 aromatic heterocycles. The van der Waals surface area contributed by atoms with Gasteiger partial charge in [0.2, 0.25) is 0 Å². The van der Waals surface area contributed by atoms with Gasteiger partial charge in [-0.05, 0) is 31.2 Å². The molecule has 25 heavy (non-hydrogen) atoms. The molecule has 3 aliphatic rings. The number of ether oxygens (including phenoxy) is 3. The molecule has 1 saturated heterocycles. The van der Waals surface area contributed by atoms with Crippen LogP contribution in [-0.4, -0.2) is 24.8 Å². The minimum Gasteiger partial charge on any atom is -0.487 e. The summed E-state index contributed by atoms with van der Waals surface area (Å²) >= 11 is 0. The summed E-state index contributed by atoms with van der Waals surface area (Å²) < 4.78 is 18.6. The highest BCUT2D eigenvalue weighted by atomic mass is 16.5. The monoisotopic (exact) mass is 344 g/mol. The summed E-state index contributed by atoms with van der Waals surface area (Å²) in [6.45, 7) is 9.70. The van der Waals surface area contributed by atoms with Crippen LogP contribution in [0.4, 0.5) is 0 Å². The van der Waals surface area contributed by atoms with Crippen molar-refractivity contribution in [1.29, 1.82) is 0 Å². The molecule has 6 atom stereocenters. The average Bonchev–Trinajstić information content (AvgIpc) is 2.59. The molecule has 0 spiro atoms. The third kappa shape index (κ3) is 2.33. The molecule has 136 valence electrons. The van der Waals surface area contributed by atoms with Crippen LogP contribution in [0.1, 0.15) is 52.2 Å². The first-order valence-corrected chi connectivity index (χ1v) is 9.46. The van der Waals surface area contributed by atoms with Crippen LogP contribution in [0.15, 0.2) is 24.3 Å². The molecule has 0 radical (unpaired) electrons. The number of rotatable bonds is 3. The summed E-state index contributed by atoms with van der Waals surface area (Å²) in [6.07, 6.45) is 1.44. The maximum absolute atomic E-state index is 11.8. The van der Waals surface area contributed by atoms with Gasteiger partial charge in [0.15, 0.2) is 0 Å². The molecule has 1 saturated carbocycles. The first-order valence-electron chi connectivity index (χ1n) is 9.46. The highest BCUT2D eigenvalue weighted by Crippen LogP contribution is 2.63. The van der Waals surface area contributed by atoms with Crippen molar-refractivity contribution in [1.82, 2.24) is 0 Å². The highest BCUT2D eigenvalue weighted by molar-refractivity contribution is 5.68. The molecule has 1 aromatic carbocycles. The molecule has 4 heteroatoms. The van der Waals surface area contributed by atoms with Crippen molar-refractivity contribution in [2.24, 2.45) is 23.2 Å². The van der Waals surface area contributed by atoms with Gasteiger partial charge in [-0.3, -0.25) is 4.79 Å². The van der Waals surface area contributed by atoms with E-state index in [0.717, 1.165) is 17.7 Å². The quantitative estimate of drug-likeness (QED) is 0.773. The van der Waals surface area contributed by atoms with Crippen molar-refractivity contribution in [3.05, 3.63) is 29.8 Å². The third-order valence-corrected chi connectivity index (χ3v) is 7.06. The number of hydrogen-bond donors (Lipinski definition) is 0. The second-order valence-corrected chi connectivity index (χ2v) is 8.35. The van der Waals surface area contributed by atoms with Crippen molar-refractivity contribution in [2.75, 3.05) is 13.2 Å². The summed E-state index contributed by atoms with van der Waals surface area (Å²) in [6, 6.07) is 8.24. The lowest BCUT2D eigenvalue weighted by Gasteiger charge is -2.63. The number of carbonyl (C=O) groups is 1. The lowest BCUT2D eigenvalue weighted by Crippen LogP contribution is -2.66. The van der Waals surface area contributed by atoms with Gasteiger partial charge in [-0.25, -0.2) is 0 Å². The molecule has 1 aliphatic carbocycles. The maximum Gasteiger partial charge on any atom is 0.305 e. The summed E-state index contributed by atoms with van der Waals surface area (Å²) in [4.78, 5) is 11.8. The van der Waals surface area contributed by atoms with E-state index in [-0.39, 0.29) is 29.0 Å². The Kier molecular flexibility index (Phi) is 3.87. The summed E-state index contributed by atoms with van der Waals surface area (Å²) in [5.74, 6) is 1.82. The molecule has 2 aliphatic heterocycles. The van der Waals surface area contributed by atoms with Crippen molar-refractivity contribution in [2.45, 2.75) is 52.2 Å². The second kappa shape index (κ2) is 5.73. The number of benzene rings is 1. The molecule has 4 rings (SSSR count). The van der Waals surface area contributed by atoms with E-state index in [9.17, 15) is 4.79 Å². The Morgan fingerprint density at radius 2 is 2.08 bits per heavy atom. The Hall–Kier alpha value is -1.55. The van der Waals surface area contributed by atoms with E-state index < -0.39 is 0 Å². The van der Waals surface area contributed by atoms with Crippen LogP contribution in [0.3, 0.4) is 0 Å². The fourth-order valence-electron chi connectivity index (χ4n) is 5.57. The summed E-state index contributed by atoms with van der Waals surface area (Å²) in [7, 11) is 0. The molecule has 0 unspecified atom stereocenters. The van der Waals surface area contributed by atoms with Crippen LogP contribution in [0, 0.1) is 23.2 Å². The number of esters is 1. The molecule has 0 amide bonds. The molecular formula is C21H28O4. The predicted octanol–water partition coefficient (Wildman–Crippen LogP) is 4.14. The molecule has 4 nitrogen and oxygen atoms in total. The van der Waals surface area contributed by atoms with Crippen molar-refractivity contribution in [3.63, 3.8) is 0 Å². The van der Waals surface area contributed by atoms with Crippen LogP contribution in [0.25, 0.3) is 0 Å². The second-order valence-electron chi connectivity index (χ2n) is 8.35. The van der Waals surface area contributed by atoms with Gasteiger partial charge in [0.1, 0.15) is 11.4 Å². The smallest absolute Gasteiger partial charge is 0.305 e. The van der Waals surface area contributed by atoms with Crippen LogP contribution in [0.5, 0.6) is 5.75 Å². The van der Waals surface area contributed by atoms with E-state index in [1.807, 2.05) is 13.0 Å². The number of hydrogen-bond acceptors (Lipinski definition) is 4. The van der Waals surface area contributed by atoms with Gasteiger partial charge in [-0.1, -0.05) is 39.0 Å². The highest BCUT2D eigenvalue weighted by Gasteiger charge is 2.64.